The van der Waals surface area contributed by atoms with Crippen molar-refractivity contribution in [3.05, 3.63) is 28.2 Å². The summed E-state index contributed by atoms with van der Waals surface area (Å²) in [5.74, 6) is 0.584. The van der Waals surface area contributed by atoms with Crippen LogP contribution in [-0.2, 0) is 16.3 Å². The predicted octanol–water partition coefficient (Wildman–Crippen LogP) is 2.39. The van der Waals surface area contributed by atoms with Crippen molar-refractivity contribution in [2.24, 2.45) is 5.92 Å². The van der Waals surface area contributed by atoms with E-state index < -0.39 is 9.84 Å². The minimum atomic E-state index is -3.14. The molecule has 1 saturated heterocycles. The summed E-state index contributed by atoms with van der Waals surface area (Å²) in [5.41, 5.74) is 0.943. The first-order chi connectivity index (χ1) is 8.47. The number of rotatable bonds is 3. The highest BCUT2D eigenvalue weighted by molar-refractivity contribution is 9.10. The van der Waals surface area contributed by atoms with E-state index in [1.807, 2.05) is 6.07 Å². The van der Waals surface area contributed by atoms with Gasteiger partial charge in [-0.1, -0.05) is 15.9 Å². The lowest BCUT2D eigenvalue weighted by Crippen LogP contribution is -2.28. The van der Waals surface area contributed by atoms with Gasteiger partial charge in [0.25, 0.3) is 0 Å². The second-order valence-corrected chi connectivity index (χ2v) is 7.82. The van der Waals surface area contributed by atoms with E-state index in [2.05, 4.69) is 21.2 Å². The predicted molar refractivity (Wildman–Crippen MR) is 76.5 cm³/mol. The zero-order valence-electron chi connectivity index (χ0n) is 10.4. The maximum absolute atomic E-state index is 11.8. The van der Waals surface area contributed by atoms with E-state index in [0.29, 0.717) is 10.8 Å². The molecule has 1 N–H and O–H groups in total. The van der Waals surface area contributed by atoms with Crippen LogP contribution in [0.2, 0.25) is 0 Å². The van der Waals surface area contributed by atoms with Gasteiger partial charge in [0.15, 0.2) is 9.84 Å². The van der Waals surface area contributed by atoms with Gasteiger partial charge in [-0.05, 0) is 62.0 Å². The summed E-state index contributed by atoms with van der Waals surface area (Å²) in [4.78, 5) is 0.476. The highest BCUT2D eigenvalue weighted by Crippen LogP contribution is 2.26. The van der Waals surface area contributed by atoms with Crippen molar-refractivity contribution in [1.82, 2.24) is 5.32 Å². The van der Waals surface area contributed by atoms with Crippen LogP contribution in [0.15, 0.2) is 27.6 Å². The number of hydrogen-bond acceptors (Lipinski definition) is 3. The van der Waals surface area contributed by atoms with Gasteiger partial charge >= 0.3 is 0 Å². The summed E-state index contributed by atoms with van der Waals surface area (Å²) in [5, 5.41) is 3.33. The fourth-order valence-electron chi connectivity index (χ4n) is 2.47. The van der Waals surface area contributed by atoms with Gasteiger partial charge in [-0.15, -0.1) is 0 Å². The Bertz CT molecular complexity index is 522. The van der Waals surface area contributed by atoms with Gasteiger partial charge < -0.3 is 5.32 Å². The van der Waals surface area contributed by atoms with Gasteiger partial charge in [0.1, 0.15) is 0 Å². The SMILES string of the molecule is CS(=O)(=O)c1ccc(Br)cc1CC1CCNCC1. The Morgan fingerprint density at radius 1 is 1.33 bits per heavy atom. The first-order valence-electron chi connectivity index (χ1n) is 6.16. The molecule has 1 fully saturated rings. The van der Waals surface area contributed by atoms with Crippen LogP contribution in [0.25, 0.3) is 0 Å². The summed E-state index contributed by atoms with van der Waals surface area (Å²) in [6.07, 6.45) is 4.37. The maximum Gasteiger partial charge on any atom is 0.175 e. The van der Waals surface area contributed by atoms with Crippen molar-refractivity contribution >= 4 is 25.8 Å². The minimum absolute atomic E-state index is 0.476. The summed E-state index contributed by atoms with van der Waals surface area (Å²) in [6.45, 7) is 2.07. The molecule has 1 aliphatic heterocycles. The molecule has 0 amide bonds. The maximum atomic E-state index is 11.8. The Balaban J connectivity index is 2.27. The Kier molecular flexibility index (Phi) is 4.45. The second-order valence-electron chi connectivity index (χ2n) is 4.92. The average Bonchev–Trinajstić information content (AvgIpc) is 2.28. The third-order valence-electron chi connectivity index (χ3n) is 3.39. The number of benzene rings is 1. The van der Waals surface area contributed by atoms with Crippen molar-refractivity contribution < 1.29 is 8.42 Å². The number of piperidine rings is 1. The lowest BCUT2D eigenvalue weighted by Gasteiger charge is -2.23. The van der Waals surface area contributed by atoms with Gasteiger partial charge in [0.2, 0.25) is 0 Å². The van der Waals surface area contributed by atoms with E-state index in [4.69, 9.17) is 0 Å². The lowest BCUT2D eigenvalue weighted by molar-refractivity contribution is 0.371. The third kappa shape index (κ3) is 3.56. The van der Waals surface area contributed by atoms with E-state index in [1.54, 1.807) is 12.1 Å². The van der Waals surface area contributed by atoms with Gasteiger partial charge in [0.05, 0.1) is 4.90 Å². The Labute approximate surface area is 117 Å². The molecule has 3 nitrogen and oxygen atoms in total. The van der Waals surface area contributed by atoms with Gasteiger partial charge in [0, 0.05) is 10.7 Å². The highest BCUT2D eigenvalue weighted by Gasteiger charge is 2.19. The smallest absolute Gasteiger partial charge is 0.175 e. The van der Waals surface area contributed by atoms with Crippen molar-refractivity contribution in [3.63, 3.8) is 0 Å². The van der Waals surface area contributed by atoms with Crippen LogP contribution in [0.5, 0.6) is 0 Å². The fourth-order valence-corrected chi connectivity index (χ4v) is 3.81. The first-order valence-corrected chi connectivity index (χ1v) is 8.84. The standard InChI is InChI=1S/C13H18BrNO2S/c1-18(16,17)13-3-2-12(14)9-11(13)8-10-4-6-15-7-5-10/h2-3,9-10,15H,4-8H2,1H3. The van der Waals surface area contributed by atoms with Crippen LogP contribution in [0.1, 0.15) is 18.4 Å². The van der Waals surface area contributed by atoms with Crippen molar-refractivity contribution in [1.29, 1.82) is 0 Å². The topological polar surface area (TPSA) is 46.2 Å². The lowest BCUT2D eigenvalue weighted by atomic mass is 9.91. The molecule has 0 aliphatic carbocycles. The monoisotopic (exact) mass is 331 g/mol. The molecule has 1 heterocycles. The molecular weight excluding hydrogens is 314 g/mol. The van der Waals surface area contributed by atoms with Crippen LogP contribution < -0.4 is 5.32 Å². The Hall–Kier alpha value is -0.390. The van der Waals surface area contributed by atoms with Crippen LogP contribution in [0, 0.1) is 5.92 Å². The van der Waals surface area contributed by atoms with Gasteiger partial charge in [-0.2, -0.15) is 0 Å². The molecule has 5 heteroatoms. The molecule has 0 radical (unpaired) electrons. The van der Waals surface area contributed by atoms with E-state index >= 15 is 0 Å². The molecule has 2 rings (SSSR count). The first kappa shape index (κ1) is 14.0. The van der Waals surface area contributed by atoms with Crippen molar-refractivity contribution in [3.8, 4) is 0 Å². The molecule has 0 saturated carbocycles. The Morgan fingerprint density at radius 3 is 2.61 bits per heavy atom. The van der Waals surface area contributed by atoms with E-state index in [1.165, 1.54) is 6.26 Å². The van der Waals surface area contributed by atoms with Crippen LogP contribution in [0.4, 0.5) is 0 Å². The molecule has 1 aromatic carbocycles. The molecule has 0 atom stereocenters. The molecule has 1 aromatic rings. The molecule has 18 heavy (non-hydrogen) atoms. The largest absolute Gasteiger partial charge is 0.317 e. The molecular formula is C13H18BrNO2S. The van der Waals surface area contributed by atoms with Crippen LogP contribution in [0.3, 0.4) is 0 Å². The van der Waals surface area contributed by atoms with Gasteiger partial charge in [-0.3, -0.25) is 0 Å². The number of nitrogens with one attached hydrogen (secondary N) is 1. The third-order valence-corrected chi connectivity index (χ3v) is 5.08. The van der Waals surface area contributed by atoms with Gasteiger partial charge in [-0.25, -0.2) is 8.42 Å². The minimum Gasteiger partial charge on any atom is -0.317 e. The molecule has 0 bridgehead atoms. The van der Waals surface area contributed by atoms with Crippen molar-refractivity contribution in [2.75, 3.05) is 19.3 Å². The quantitative estimate of drug-likeness (QED) is 0.925. The highest BCUT2D eigenvalue weighted by atomic mass is 79.9. The number of halogens is 1. The number of sulfone groups is 1. The normalized spacial score (nSPS) is 17.9. The molecule has 1 aliphatic rings. The second kappa shape index (κ2) is 5.72. The zero-order valence-corrected chi connectivity index (χ0v) is 12.9. The molecule has 0 unspecified atom stereocenters. The van der Waals surface area contributed by atoms with Crippen LogP contribution in [-0.4, -0.2) is 27.8 Å². The van der Waals surface area contributed by atoms with E-state index in [0.717, 1.165) is 42.4 Å². The zero-order chi connectivity index (χ0) is 13.2. The summed E-state index contributed by atoms with van der Waals surface area (Å²) >= 11 is 3.42. The van der Waals surface area contributed by atoms with E-state index in [-0.39, 0.29) is 0 Å². The summed E-state index contributed by atoms with van der Waals surface area (Å²) in [7, 11) is -3.14. The molecule has 100 valence electrons. The molecule has 0 spiro atoms. The summed E-state index contributed by atoms with van der Waals surface area (Å²) < 4.78 is 24.5. The fraction of sp³-hybridized carbons (Fsp3) is 0.538. The summed E-state index contributed by atoms with van der Waals surface area (Å²) in [6, 6.07) is 5.44. The van der Waals surface area contributed by atoms with E-state index in [9.17, 15) is 8.42 Å². The van der Waals surface area contributed by atoms with Crippen molar-refractivity contribution in [2.45, 2.75) is 24.2 Å². The average molecular weight is 332 g/mol. The molecule has 0 aromatic heterocycles. The number of hydrogen-bond donors (Lipinski definition) is 1. The van der Waals surface area contributed by atoms with Crippen LogP contribution >= 0.6 is 15.9 Å². The Morgan fingerprint density at radius 2 is 2.00 bits per heavy atom.